The molecule has 1 atom stereocenters. The summed E-state index contributed by atoms with van der Waals surface area (Å²) in [6.45, 7) is 9.00. The third-order valence-electron chi connectivity index (χ3n) is 4.03. The molecule has 1 aliphatic rings. The van der Waals surface area contributed by atoms with Gasteiger partial charge in [0, 0.05) is 60.7 Å². The molecule has 0 radical (unpaired) electrons. The molecule has 4 nitrogen and oxygen atoms in total. The van der Waals surface area contributed by atoms with Gasteiger partial charge in [-0.1, -0.05) is 0 Å². The van der Waals surface area contributed by atoms with E-state index in [1.807, 2.05) is 16.0 Å². The number of ether oxygens (including phenoxy) is 1. The molecule has 2 aromatic heterocycles. The molecule has 0 aromatic carbocycles. The summed E-state index contributed by atoms with van der Waals surface area (Å²) in [4.78, 5) is 5.30. The van der Waals surface area contributed by atoms with Crippen LogP contribution >= 0.6 is 11.3 Å². The zero-order chi connectivity index (χ0) is 14.8. The highest BCUT2D eigenvalue weighted by Crippen LogP contribution is 2.29. The van der Waals surface area contributed by atoms with Gasteiger partial charge in [-0.3, -0.25) is 9.58 Å². The van der Waals surface area contributed by atoms with Crippen molar-refractivity contribution in [3.63, 3.8) is 0 Å². The third kappa shape index (κ3) is 3.20. The average molecular weight is 305 g/mol. The summed E-state index contributed by atoms with van der Waals surface area (Å²) in [6.07, 6.45) is 2.20. The molecule has 21 heavy (non-hydrogen) atoms. The van der Waals surface area contributed by atoms with E-state index in [1.54, 1.807) is 7.11 Å². The van der Waals surface area contributed by atoms with Gasteiger partial charge in [-0.05, 0) is 26.0 Å². The smallest absolute Gasteiger partial charge is 0.0801 e. The zero-order valence-corrected chi connectivity index (χ0v) is 13.8. The SMILES string of the molecule is CCn1cc2c(n1)CN(Cc1ccc(C)s1)C[C@@H]2COC. The molecule has 5 heteroatoms. The molecular formula is C16H23N3OS. The van der Waals surface area contributed by atoms with Crippen molar-refractivity contribution in [3.8, 4) is 0 Å². The summed E-state index contributed by atoms with van der Waals surface area (Å²) in [5, 5.41) is 4.72. The fraction of sp³-hybridized carbons (Fsp3) is 0.562. The van der Waals surface area contributed by atoms with Gasteiger partial charge in [0.05, 0.1) is 12.3 Å². The summed E-state index contributed by atoms with van der Waals surface area (Å²) < 4.78 is 7.47. The first kappa shape index (κ1) is 14.8. The zero-order valence-electron chi connectivity index (χ0n) is 13.0. The predicted molar refractivity (Wildman–Crippen MR) is 85.7 cm³/mol. The Morgan fingerprint density at radius 2 is 2.29 bits per heavy atom. The van der Waals surface area contributed by atoms with E-state index in [2.05, 4.69) is 37.1 Å². The van der Waals surface area contributed by atoms with E-state index < -0.39 is 0 Å². The van der Waals surface area contributed by atoms with E-state index in [-0.39, 0.29) is 0 Å². The minimum atomic E-state index is 0.431. The second kappa shape index (κ2) is 6.30. The Kier molecular flexibility index (Phi) is 4.42. The van der Waals surface area contributed by atoms with Gasteiger partial charge >= 0.3 is 0 Å². The summed E-state index contributed by atoms with van der Waals surface area (Å²) in [6, 6.07) is 4.44. The normalized spacial score (nSPS) is 18.9. The molecule has 1 aliphatic heterocycles. The lowest BCUT2D eigenvalue weighted by Gasteiger charge is -2.31. The Labute approximate surface area is 130 Å². The van der Waals surface area contributed by atoms with Crippen LogP contribution in [0.25, 0.3) is 0 Å². The highest BCUT2D eigenvalue weighted by atomic mass is 32.1. The molecule has 114 valence electrons. The third-order valence-corrected chi connectivity index (χ3v) is 5.02. The first-order valence-corrected chi connectivity index (χ1v) is 8.34. The van der Waals surface area contributed by atoms with Crippen LogP contribution in [0.3, 0.4) is 0 Å². The molecule has 0 spiro atoms. The molecule has 3 rings (SSSR count). The Morgan fingerprint density at radius 1 is 1.43 bits per heavy atom. The summed E-state index contributed by atoms with van der Waals surface area (Å²) in [7, 11) is 1.78. The molecule has 0 aliphatic carbocycles. The van der Waals surface area contributed by atoms with Gasteiger partial charge in [-0.2, -0.15) is 5.10 Å². The van der Waals surface area contributed by atoms with Crippen LogP contribution in [0, 0.1) is 6.92 Å². The summed E-state index contributed by atoms with van der Waals surface area (Å²) >= 11 is 1.89. The van der Waals surface area contributed by atoms with Gasteiger partial charge in [0.1, 0.15) is 0 Å². The van der Waals surface area contributed by atoms with Gasteiger partial charge in [0.2, 0.25) is 0 Å². The van der Waals surface area contributed by atoms with E-state index >= 15 is 0 Å². The first-order valence-electron chi connectivity index (χ1n) is 7.52. The number of methoxy groups -OCH3 is 1. The molecule has 0 fully saturated rings. The highest BCUT2D eigenvalue weighted by Gasteiger charge is 2.28. The monoisotopic (exact) mass is 305 g/mol. The van der Waals surface area contributed by atoms with E-state index in [0.29, 0.717) is 5.92 Å². The fourth-order valence-corrected chi connectivity index (χ4v) is 3.98. The molecule has 0 amide bonds. The van der Waals surface area contributed by atoms with Crippen LogP contribution in [0.4, 0.5) is 0 Å². The number of thiophene rings is 1. The molecule has 0 unspecified atom stereocenters. The van der Waals surface area contributed by atoms with Gasteiger partial charge in [-0.25, -0.2) is 0 Å². The number of hydrogen-bond donors (Lipinski definition) is 0. The Morgan fingerprint density at radius 3 is 2.95 bits per heavy atom. The fourth-order valence-electron chi connectivity index (χ4n) is 3.04. The van der Waals surface area contributed by atoms with Crippen LogP contribution in [0.1, 0.15) is 33.9 Å². The van der Waals surface area contributed by atoms with Crippen molar-refractivity contribution < 1.29 is 4.74 Å². The number of aromatic nitrogens is 2. The van der Waals surface area contributed by atoms with Crippen molar-refractivity contribution >= 4 is 11.3 Å². The molecule has 2 aromatic rings. The van der Waals surface area contributed by atoms with E-state index in [0.717, 1.165) is 32.8 Å². The quantitative estimate of drug-likeness (QED) is 0.850. The second-order valence-corrected chi connectivity index (χ2v) is 7.09. The number of hydrogen-bond acceptors (Lipinski definition) is 4. The minimum absolute atomic E-state index is 0.431. The van der Waals surface area contributed by atoms with Gasteiger partial charge in [0.25, 0.3) is 0 Å². The standard InChI is InChI=1S/C16H23N3OS/c1-4-19-9-15-13(11-20-3)7-18(10-16(15)17-19)8-14-6-5-12(2)21-14/h5-6,9,13H,4,7-8,10-11H2,1-3H3/t13-/m1/s1. The maximum Gasteiger partial charge on any atom is 0.0801 e. The van der Waals surface area contributed by atoms with Crippen molar-refractivity contribution in [1.29, 1.82) is 0 Å². The van der Waals surface area contributed by atoms with Crippen LogP contribution in [-0.4, -0.2) is 34.9 Å². The van der Waals surface area contributed by atoms with Crippen molar-refractivity contribution in [1.82, 2.24) is 14.7 Å². The summed E-state index contributed by atoms with van der Waals surface area (Å²) in [5.74, 6) is 0.431. The molecule has 0 saturated carbocycles. The van der Waals surface area contributed by atoms with E-state index in [1.165, 1.54) is 21.0 Å². The van der Waals surface area contributed by atoms with Crippen LogP contribution in [0.5, 0.6) is 0 Å². The number of nitrogens with zero attached hydrogens (tertiary/aromatic N) is 3. The Bertz CT molecular complexity index is 604. The van der Waals surface area contributed by atoms with Crippen LogP contribution in [-0.2, 0) is 24.4 Å². The molecule has 0 N–H and O–H groups in total. The predicted octanol–water partition coefficient (Wildman–Crippen LogP) is 3.02. The average Bonchev–Trinajstić information content (AvgIpc) is 3.05. The van der Waals surface area contributed by atoms with E-state index in [9.17, 15) is 0 Å². The van der Waals surface area contributed by atoms with Crippen molar-refractivity contribution in [2.75, 3.05) is 20.3 Å². The lowest BCUT2D eigenvalue weighted by molar-refractivity contribution is 0.136. The second-order valence-electron chi connectivity index (χ2n) is 5.72. The molecular weight excluding hydrogens is 282 g/mol. The Hall–Kier alpha value is -1.17. The topological polar surface area (TPSA) is 30.3 Å². The number of fused-ring (bicyclic) bond motifs is 1. The first-order chi connectivity index (χ1) is 10.2. The van der Waals surface area contributed by atoms with Crippen LogP contribution < -0.4 is 0 Å². The minimum Gasteiger partial charge on any atom is -0.384 e. The Balaban J connectivity index is 1.79. The lowest BCUT2D eigenvalue weighted by Crippen LogP contribution is -2.34. The van der Waals surface area contributed by atoms with Crippen LogP contribution in [0.2, 0.25) is 0 Å². The van der Waals surface area contributed by atoms with Crippen molar-refractivity contribution in [2.45, 2.75) is 39.4 Å². The van der Waals surface area contributed by atoms with E-state index in [4.69, 9.17) is 9.84 Å². The largest absolute Gasteiger partial charge is 0.384 e. The maximum absolute atomic E-state index is 5.42. The molecule has 0 bridgehead atoms. The van der Waals surface area contributed by atoms with Gasteiger partial charge in [0.15, 0.2) is 0 Å². The van der Waals surface area contributed by atoms with Gasteiger partial charge in [-0.15, -0.1) is 11.3 Å². The van der Waals surface area contributed by atoms with Crippen molar-refractivity contribution in [3.05, 3.63) is 39.3 Å². The van der Waals surface area contributed by atoms with Gasteiger partial charge < -0.3 is 4.74 Å². The number of rotatable bonds is 5. The molecule has 0 saturated heterocycles. The highest BCUT2D eigenvalue weighted by molar-refractivity contribution is 7.11. The maximum atomic E-state index is 5.42. The van der Waals surface area contributed by atoms with Crippen LogP contribution in [0.15, 0.2) is 18.3 Å². The number of aryl methyl sites for hydroxylation is 2. The lowest BCUT2D eigenvalue weighted by atomic mass is 9.95. The van der Waals surface area contributed by atoms with Crippen molar-refractivity contribution in [2.24, 2.45) is 0 Å². The summed E-state index contributed by atoms with van der Waals surface area (Å²) in [5.41, 5.74) is 2.59. The molecule has 3 heterocycles.